The van der Waals surface area contributed by atoms with Crippen LogP contribution in [0.25, 0.3) is 10.9 Å². The molecule has 0 saturated carbocycles. The highest BCUT2D eigenvalue weighted by molar-refractivity contribution is 5.95. The predicted molar refractivity (Wildman–Crippen MR) is 101 cm³/mol. The minimum Gasteiger partial charge on any atom is -0.507 e. The fraction of sp³-hybridized carbons (Fsp3) is 0.250. The second-order valence-corrected chi connectivity index (χ2v) is 6.53. The lowest BCUT2D eigenvalue weighted by Crippen LogP contribution is -2.32. The van der Waals surface area contributed by atoms with Crippen LogP contribution in [0.2, 0.25) is 0 Å². The number of nitrogens with two attached hydrogens (primary N) is 1. The number of amides is 1. The lowest BCUT2D eigenvalue weighted by molar-refractivity contribution is 0.0997. The summed E-state index contributed by atoms with van der Waals surface area (Å²) in [4.78, 5) is 14.6. The highest BCUT2D eigenvalue weighted by atomic mass is 16.3. The zero-order valence-electron chi connectivity index (χ0n) is 14.6. The highest BCUT2D eigenvalue weighted by Crippen LogP contribution is 2.22. The first-order chi connectivity index (χ1) is 12.5. The molecule has 1 aromatic heterocycles. The molecule has 0 radical (unpaired) electrons. The summed E-state index contributed by atoms with van der Waals surface area (Å²) >= 11 is 0. The molecule has 1 amide bonds. The summed E-state index contributed by atoms with van der Waals surface area (Å²) < 4.78 is 0. The monoisotopic (exact) mass is 353 g/mol. The maximum absolute atomic E-state index is 11.3. The molecule has 3 aromatic rings. The largest absolute Gasteiger partial charge is 0.507 e. The van der Waals surface area contributed by atoms with Crippen LogP contribution in [0.15, 0.2) is 48.7 Å². The van der Waals surface area contributed by atoms with E-state index in [9.17, 15) is 15.0 Å². The van der Waals surface area contributed by atoms with Crippen molar-refractivity contribution in [2.24, 2.45) is 5.73 Å². The Kier molecular flexibility index (Phi) is 5.25. The molecule has 0 saturated heterocycles. The number of aliphatic hydroxyl groups excluding tert-OH is 1. The van der Waals surface area contributed by atoms with E-state index in [4.69, 9.17) is 5.73 Å². The second kappa shape index (κ2) is 7.59. The molecule has 6 nitrogen and oxygen atoms in total. The van der Waals surface area contributed by atoms with Crippen molar-refractivity contribution in [3.8, 4) is 5.75 Å². The predicted octanol–water partition coefficient (Wildman–Crippen LogP) is 2.23. The van der Waals surface area contributed by atoms with Crippen molar-refractivity contribution < 1.29 is 15.0 Å². The molecular formula is C20H23N3O3. The third-order valence-electron chi connectivity index (χ3n) is 4.53. The summed E-state index contributed by atoms with van der Waals surface area (Å²) in [5.74, 6) is -0.911. The Bertz CT molecular complexity index is 920. The molecule has 0 aliphatic rings. The molecule has 0 fully saturated rings. The Labute approximate surface area is 151 Å². The number of aliphatic hydroxyl groups is 1. The average Bonchev–Trinajstić information content (AvgIpc) is 3.03. The van der Waals surface area contributed by atoms with Gasteiger partial charge < -0.3 is 26.2 Å². The zero-order chi connectivity index (χ0) is 18.7. The number of hydrogen-bond acceptors (Lipinski definition) is 4. The topological polar surface area (TPSA) is 111 Å². The number of carbonyl (C=O) groups excluding carboxylic acids is 1. The number of hydrogen-bond donors (Lipinski definition) is 5. The first-order valence-corrected chi connectivity index (χ1v) is 8.55. The van der Waals surface area contributed by atoms with Crippen molar-refractivity contribution >= 4 is 16.8 Å². The summed E-state index contributed by atoms with van der Waals surface area (Å²) in [5, 5.41) is 24.5. The Morgan fingerprint density at radius 3 is 2.81 bits per heavy atom. The van der Waals surface area contributed by atoms with Gasteiger partial charge in [-0.25, -0.2) is 0 Å². The molecule has 0 aliphatic carbocycles. The van der Waals surface area contributed by atoms with E-state index in [-0.39, 0.29) is 17.4 Å². The normalized spacial score (nSPS) is 13.6. The third kappa shape index (κ3) is 3.87. The fourth-order valence-electron chi connectivity index (χ4n) is 3.09. The van der Waals surface area contributed by atoms with Crippen molar-refractivity contribution in [1.82, 2.24) is 10.3 Å². The maximum Gasteiger partial charge on any atom is 0.252 e. The molecule has 1 heterocycles. The van der Waals surface area contributed by atoms with Crippen LogP contribution in [0.3, 0.4) is 0 Å². The van der Waals surface area contributed by atoms with Gasteiger partial charge in [0.05, 0.1) is 11.7 Å². The number of phenols is 1. The van der Waals surface area contributed by atoms with Gasteiger partial charge in [-0.1, -0.05) is 24.3 Å². The molecule has 6 N–H and O–H groups in total. The number of aromatic hydroxyl groups is 1. The number of nitrogens with one attached hydrogen (secondary N) is 2. The molecule has 3 rings (SSSR count). The van der Waals surface area contributed by atoms with Gasteiger partial charge in [-0.15, -0.1) is 0 Å². The number of aromatic nitrogens is 1. The van der Waals surface area contributed by atoms with Crippen LogP contribution in [0.5, 0.6) is 5.75 Å². The molecule has 2 atom stereocenters. The van der Waals surface area contributed by atoms with Gasteiger partial charge in [-0.05, 0) is 42.7 Å². The van der Waals surface area contributed by atoms with Gasteiger partial charge in [-0.2, -0.15) is 0 Å². The molecule has 2 unspecified atom stereocenters. The number of rotatable bonds is 7. The Morgan fingerprint density at radius 1 is 1.27 bits per heavy atom. The first kappa shape index (κ1) is 18.0. The van der Waals surface area contributed by atoms with Crippen LogP contribution in [-0.4, -0.2) is 33.7 Å². The summed E-state index contributed by atoms with van der Waals surface area (Å²) in [6.07, 6.45) is 2.02. The molecule has 0 spiro atoms. The van der Waals surface area contributed by atoms with Gasteiger partial charge in [0.25, 0.3) is 5.91 Å². The van der Waals surface area contributed by atoms with Crippen molar-refractivity contribution in [1.29, 1.82) is 0 Å². The van der Waals surface area contributed by atoms with Crippen molar-refractivity contribution in [3.05, 3.63) is 65.4 Å². The molecule has 0 bridgehead atoms. The van der Waals surface area contributed by atoms with E-state index < -0.39 is 12.0 Å². The molecule has 6 heteroatoms. The lowest BCUT2D eigenvalue weighted by Gasteiger charge is -2.18. The molecule has 26 heavy (non-hydrogen) atoms. The minimum atomic E-state index is -0.806. The minimum absolute atomic E-state index is 0.00777. The number of H-pyrrole nitrogens is 1. The quantitative estimate of drug-likeness (QED) is 0.448. The summed E-state index contributed by atoms with van der Waals surface area (Å²) in [6, 6.07) is 12.7. The number of fused-ring (bicyclic) bond motifs is 1. The van der Waals surface area contributed by atoms with Crippen molar-refractivity contribution in [3.63, 3.8) is 0 Å². The van der Waals surface area contributed by atoms with Gasteiger partial charge in [0.2, 0.25) is 0 Å². The van der Waals surface area contributed by atoms with E-state index >= 15 is 0 Å². The Morgan fingerprint density at radius 2 is 2.04 bits per heavy atom. The van der Waals surface area contributed by atoms with Crippen LogP contribution < -0.4 is 11.1 Å². The van der Waals surface area contributed by atoms with Crippen LogP contribution in [0.4, 0.5) is 0 Å². The lowest BCUT2D eigenvalue weighted by atomic mass is 10.0. The van der Waals surface area contributed by atoms with E-state index in [2.05, 4.69) is 23.3 Å². The van der Waals surface area contributed by atoms with Gasteiger partial charge >= 0.3 is 0 Å². The van der Waals surface area contributed by atoms with Crippen LogP contribution in [0, 0.1) is 0 Å². The summed E-state index contributed by atoms with van der Waals surface area (Å²) in [5.41, 5.74) is 8.09. The van der Waals surface area contributed by atoms with Crippen LogP contribution in [-0.2, 0) is 6.42 Å². The third-order valence-corrected chi connectivity index (χ3v) is 4.53. The van der Waals surface area contributed by atoms with Gasteiger partial charge in [0, 0.05) is 29.7 Å². The zero-order valence-corrected chi connectivity index (χ0v) is 14.6. The maximum atomic E-state index is 11.3. The number of aromatic amines is 1. The molecule has 2 aromatic carbocycles. The van der Waals surface area contributed by atoms with Gasteiger partial charge in [-0.3, -0.25) is 4.79 Å². The Balaban J connectivity index is 1.61. The van der Waals surface area contributed by atoms with Gasteiger partial charge in [0.1, 0.15) is 5.75 Å². The smallest absolute Gasteiger partial charge is 0.252 e. The van der Waals surface area contributed by atoms with E-state index in [1.807, 2.05) is 24.4 Å². The summed E-state index contributed by atoms with van der Waals surface area (Å²) in [7, 11) is 0. The molecule has 0 aliphatic heterocycles. The van der Waals surface area contributed by atoms with E-state index in [0.717, 1.165) is 11.9 Å². The number of para-hydroxylation sites is 1. The molecule has 136 valence electrons. The highest BCUT2D eigenvalue weighted by Gasteiger charge is 2.15. The van der Waals surface area contributed by atoms with Gasteiger partial charge in [0.15, 0.2) is 0 Å². The molecular weight excluding hydrogens is 330 g/mol. The first-order valence-electron chi connectivity index (χ1n) is 8.55. The van der Waals surface area contributed by atoms with Crippen molar-refractivity contribution in [2.75, 3.05) is 6.54 Å². The SMILES string of the molecule is CC(Cc1c[nH]c2ccccc12)NCC(O)c1ccc(O)c(C(N)=O)c1. The van der Waals surface area contributed by atoms with Crippen LogP contribution >= 0.6 is 0 Å². The van der Waals surface area contributed by atoms with Crippen molar-refractivity contribution in [2.45, 2.75) is 25.5 Å². The van der Waals surface area contributed by atoms with E-state index in [0.29, 0.717) is 12.1 Å². The number of carbonyl (C=O) groups is 1. The summed E-state index contributed by atoms with van der Waals surface area (Å²) in [6.45, 7) is 2.38. The second-order valence-electron chi connectivity index (χ2n) is 6.53. The fourth-order valence-corrected chi connectivity index (χ4v) is 3.09. The van der Waals surface area contributed by atoms with E-state index in [1.165, 1.54) is 23.1 Å². The number of primary amides is 1. The Hall–Kier alpha value is -2.83. The standard InChI is InChI=1S/C20H23N3O3/c1-12(8-14-10-23-17-5-3-2-4-15(14)17)22-11-19(25)13-6-7-18(24)16(9-13)20(21)26/h2-7,9-10,12,19,22-25H,8,11H2,1H3,(H2,21,26). The van der Waals surface area contributed by atoms with E-state index in [1.54, 1.807) is 6.07 Å². The number of benzene rings is 2. The average molecular weight is 353 g/mol. The van der Waals surface area contributed by atoms with Crippen LogP contribution in [0.1, 0.15) is 34.5 Å².